The van der Waals surface area contributed by atoms with E-state index in [0.717, 1.165) is 43.4 Å². The summed E-state index contributed by atoms with van der Waals surface area (Å²) >= 11 is 0. The van der Waals surface area contributed by atoms with Gasteiger partial charge in [-0.1, -0.05) is 19.1 Å². The Labute approximate surface area is 141 Å². The zero-order valence-corrected chi connectivity index (χ0v) is 14.7. The predicted octanol–water partition coefficient (Wildman–Crippen LogP) is 4.70. The van der Waals surface area contributed by atoms with Crippen molar-refractivity contribution in [1.82, 2.24) is 0 Å². The number of hydrogen-bond acceptors (Lipinski definition) is 2. The maximum absolute atomic E-state index is 10.5. The molecule has 2 nitrogen and oxygen atoms in total. The van der Waals surface area contributed by atoms with Crippen LogP contribution in [0.1, 0.15) is 65.2 Å². The van der Waals surface area contributed by atoms with Gasteiger partial charge in [-0.2, -0.15) is 5.26 Å². The van der Waals surface area contributed by atoms with Gasteiger partial charge < -0.3 is 5.11 Å². The molecule has 0 aromatic heterocycles. The lowest BCUT2D eigenvalue weighted by molar-refractivity contribution is -0.0828. The Bertz CT molecular complexity index is 559. The molecule has 2 heteroatoms. The number of hydrogen-bond donors (Lipinski definition) is 1. The third kappa shape index (κ3) is 2.15. The van der Waals surface area contributed by atoms with E-state index >= 15 is 0 Å². The van der Waals surface area contributed by atoms with Gasteiger partial charge in [0.1, 0.15) is 0 Å². The fourth-order valence-corrected chi connectivity index (χ4v) is 7.23. The molecule has 0 aromatic carbocycles. The minimum atomic E-state index is -0.437. The van der Waals surface area contributed by atoms with Gasteiger partial charge in [-0.25, -0.2) is 0 Å². The molecule has 0 aromatic rings. The van der Waals surface area contributed by atoms with Crippen LogP contribution in [0.2, 0.25) is 0 Å². The maximum Gasteiger partial charge on any atom is 0.0665 e. The minimum Gasteiger partial charge on any atom is -0.390 e. The Morgan fingerprint density at radius 1 is 1.09 bits per heavy atom. The van der Waals surface area contributed by atoms with Crippen LogP contribution in [-0.4, -0.2) is 10.7 Å². The summed E-state index contributed by atoms with van der Waals surface area (Å²) in [5.41, 5.74) is 1.00. The van der Waals surface area contributed by atoms with Crippen molar-refractivity contribution in [1.29, 1.82) is 5.26 Å². The van der Waals surface area contributed by atoms with Crippen LogP contribution in [0.25, 0.3) is 0 Å². The molecule has 0 radical (unpaired) electrons. The Kier molecular flexibility index (Phi) is 3.48. The van der Waals surface area contributed by atoms with E-state index in [1.54, 1.807) is 0 Å². The molecule has 0 heterocycles. The molecule has 0 amide bonds. The molecule has 4 saturated carbocycles. The van der Waals surface area contributed by atoms with E-state index in [0.29, 0.717) is 11.8 Å². The lowest BCUT2D eigenvalue weighted by atomic mass is 9.48. The number of nitriles is 1. The average Bonchev–Trinajstić information content (AvgIpc) is 2.84. The molecular formula is C21H31NO. The van der Waals surface area contributed by atoms with E-state index in [-0.39, 0.29) is 11.3 Å². The van der Waals surface area contributed by atoms with Gasteiger partial charge in [-0.15, -0.1) is 0 Å². The van der Waals surface area contributed by atoms with Gasteiger partial charge in [0.15, 0.2) is 0 Å². The average molecular weight is 313 g/mol. The lowest BCUT2D eigenvalue weighted by Crippen LogP contribution is -2.51. The van der Waals surface area contributed by atoms with Crippen LogP contribution in [0, 0.1) is 52.3 Å². The van der Waals surface area contributed by atoms with Crippen molar-refractivity contribution in [3.05, 3.63) is 12.2 Å². The highest BCUT2D eigenvalue weighted by Crippen LogP contribution is 2.65. The van der Waals surface area contributed by atoms with Crippen molar-refractivity contribution < 1.29 is 5.11 Å². The van der Waals surface area contributed by atoms with Crippen LogP contribution >= 0.6 is 0 Å². The van der Waals surface area contributed by atoms with E-state index < -0.39 is 5.60 Å². The summed E-state index contributed by atoms with van der Waals surface area (Å²) in [6.45, 7) is 8.85. The van der Waals surface area contributed by atoms with Crippen LogP contribution in [0.15, 0.2) is 12.2 Å². The fraction of sp³-hybridized carbons (Fsp3) is 0.857. The second-order valence-electron chi connectivity index (χ2n) is 9.52. The van der Waals surface area contributed by atoms with Crippen molar-refractivity contribution in [3.8, 4) is 6.07 Å². The zero-order chi connectivity index (χ0) is 16.4. The highest BCUT2D eigenvalue weighted by molar-refractivity contribution is 5.26. The molecule has 0 bridgehead atoms. The van der Waals surface area contributed by atoms with Crippen LogP contribution in [0.5, 0.6) is 0 Å². The van der Waals surface area contributed by atoms with Crippen LogP contribution in [0.4, 0.5) is 0 Å². The third-order valence-electron chi connectivity index (χ3n) is 8.47. The number of nitrogens with zero attached hydrogens (tertiary/aromatic N) is 1. The quantitative estimate of drug-likeness (QED) is 0.659. The smallest absolute Gasteiger partial charge is 0.0665 e. The summed E-state index contributed by atoms with van der Waals surface area (Å²) in [5.74, 6) is 3.94. The maximum atomic E-state index is 10.5. The lowest BCUT2D eigenvalue weighted by Gasteiger charge is -2.57. The first kappa shape index (κ1) is 15.7. The summed E-state index contributed by atoms with van der Waals surface area (Å²) in [7, 11) is 0. The molecule has 4 rings (SSSR count). The van der Waals surface area contributed by atoms with Crippen LogP contribution in [0.3, 0.4) is 0 Å². The Hall–Kier alpha value is -0.810. The number of fused-ring (bicyclic) bond motifs is 5. The van der Waals surface area contributed by atoms with Crippen molar-refractivity contribution in [2.24, 2.45) is 40.9 Å². The van der Waals surface area contributed by atoms with E-state index in [2.05, 4.69) is 19.6 Å². The summed E-state index contributed by atoms with van der Waals surface area (Å²) in [6, 6.07) is 2.60. The summed E-state index contributed by atoms with van der Waals surface area (Å²) < 4.78 is 0. The van der Waals surface area contributed by atoms with Gasteiger partial charge in [0.2, 0.25) is 0 Å². The summed E-state index contributed by atoms with van der Waals surface area (Å²) in [5, 5.41) is 20.1. The van der Waals surface area contributed by atoms with E-state index in [9.17, 15) is 10.4 Å². The first-order chi connectivity index (χ1) is 10.9. The van der Waals surface area contributed by atoms with Gasteiger partial charge >= 0.3 is 0 Å². The van der Waals surface area contributed by atoms with Crippen LogP contribution < -0.4 is 0 Å². The fourth-order valence-electron chi connectivity index (χ4n) is 7.23. The molecule has 4 aliphatic rings. The van der Waals surface area contributed by atoms with Crippen molar-refractivity contribution in [3.63, 3.8) is 0 Å². The van der Waals surface area contributed by atoms with Crippen molar-refractivity contribution in [2.45, 2.75) is 70.8 Å². The van der Waals surface area contributed by atoms with E-state index in [1.165, 1.54) is 31.3 Å². The van der Waals surface area contributed by atoms with E-state index in [4.69, 9.17) is 0 Å². The standard InChI is InChI=1S/C21H31NO/c1-13-10-18-16-8-9-20(2,23)11-14(16)4-6-17(18)19-7-5-15(12-22)21(13,19)3/h14-19,23H,1,4-11H2,2-3H3/t14-,15-,16+,17?,18-,19+,20-,21-/m1/s1. The van der Waals surface area contributed by atoms with Gasteiger partial charge in [0.25, 0.3) is 0 Å². The van der Waals surface area contributed by atoms with Crippen molar-refractivity contribution in [2.75, 3.05) is 0 Å². The van der Waals surface area contributed by atoms with Gasteiger partial charge in [0.05, 0.1) is 17.6 Å². The third-order valence-corrected chi connectivity index (χ3v) is 8.47. The van der Waals surface area contributed by atoms with Gasteiger partial charge in [0, 0.05) is 5.41 Å². The minimum absolute atomic E-state index is 0.0723. The van der Waals surface area contributed by atoms with Gasteiger partial charge in [-0.05, 0) is 87.9 Å². The molecule has 8 atom stereocenters. The molecule has 0 saturated heterocycles. The Morgan fingerprint density at radius 3 is 2.61 bits per heavy atom. The number of rotatable bonds is 0. The van der Waals surface area contributed by atoms with Crippen LogP contribution in [-0.2, 0) is 0 Å². The first-order valence-corrected chi connectivity index (χ1v) is 9.67. The number of allylic oxidation sites excluding steroid dienone is 1. The Balaban J connectivity index is 1.62. The molecule has 4 fully saturated rings. The van der Waals surface area contributed by atoms with Crippen molar-refractivity contribution >= 4 is 0 Å². The molecular weight excluding hydrogens is 282 g/mol. The molecule has 4 aliphatic carbocycles. The SMILES string of the molecule is C=C1C[C@H]2C(CC[C@@H]3C[C@](C)(O)CC[C@@H]32)[C@@H]2CC[C@H](C#N)[C@@]12C. The number of aliphatic hydroxyl groups is 1. The monoisotopic (exact) mass is 313 g/mol. The Morgan fingerprint density at radius 2 is 1.87 bits per heavy atom. The predicted molar refractivity (Wildman–Crippen MR) is 91.4 cm³/mol. The normalized spacial score (nSPS) is 55.5. The second-order valence-corrected chi connectivity index (χ2v) is 9.52. The topological polar surface area (TPSA) is 44.0 Å². The molecule has 0 aliphatic heterocycles. The van der Waals surface area contributed by atoms with E-state index in [1.807, 2.05) is 6.92 Å². The molecule has 0 spiro atoms. The molecule has 1 N–H and O–H groups in total. The molecule has 1 unspecified atom stereocenters. The summed E-state index contributed by atoms with van der Waals surface area (Å²) in [4.78, 5) is 0. The first-order valence-electron chi connectivity index (χ1n) is 9.67. The largest absolute Gasteiger partial charge is 0.390 e. The van der Waals surface area contributed by atoms with Gasteiger partial charge in [-0.3, -0.25) is 0 Å². The summed E-state index contributed by atoms with van der Waals surface area (Å²) in [6.07, 6.45) is 9.19. The zero-order valence-electron chi connectivity index (χ0n) is 14.7. The molecule has 23 heavy (non-hydrogen) atoms. The molecule has 126 valence electrons. The second kappa shape index (κ2) is 5.09. The highest BCUT2D eigenvalue weighted by atomic mass is 16.3. The highest BCUT2D eigenvalue weighted by Gasteiger charge is 2.59.